The van der Waals surface area contributed by atoms with Gasteiger partial charge in [-0.15, -0.1) is 11.8 Å². The SMILES string of the molecule is CC[C@H](C)[C@H](NC(C)=O)C(=O)N[C@@H](CC(C)O)C(=O)N[C@@H](CO)C(=O)N[C@@H](Cc1c[nH]c2ccccc12)C(=O)N[C@@H](CCCN=C(N)N)C(=O)NC(CSC1CC(=O)N(CCNC(=O)c2ccc(C(=O)O)c(-c3c4ccc(=[N+](C)C)cc-4oc4cc(N(C)C)ccc34)c2)C1=O)C(N)O. The van der Waals surface area contributed by atoms with E-state index in [9.17, 15) is 68.4 Å². The van der Waals surface area contributed by atoms with Crippen LogP contribution < -0.4 is 69.3 Å². The van der Waals surface area contributed by atoms with E-state index in [1.807, 2.05) is 74.1 Å². The summed E-state index contributed by atoms with van der Waals surface area (Å²) in [4.78, 5) is 147. The van der Waals surface area contributed by atoms with Crippen molar-refractivity contribution in [2.75, 3.05) is 65.1 Å². The van der Waals surface area contributed by atoms with Crippen molar-refractivity contribution in [3.8, 4) is 22.5 Å². The summed E-state index contributed by atoms with van der Waals surface area (Å²) in [6.45, 7) is 4.64. The minimum absolute atomic E-state index is 0.00768. The number of aromatic carboxylic acids is 1. The molecule has 3 aromatic carbocycles. The molecule has 9 amide bonds. The second-order valence-electron chi connectivity index (χ2n) is 24.6. The zero-order chi connectivity index (χ0) is 71.8. The molecule has 1 saturated heterocycles. The monoisotopic (exact) mass is 1370 g/mol. The number of nitrogens with one attached hydrogen (secondary N) is 8. The van der Waals surface area contributed by atoms with E-state index in [1.165, 1.54) is 32.0 Å². The molecule has 4 unspecified atom stereocenters. The first kappa shape index (κ1) is 75.4. The van der Waals surface area contributed by atoms with Crippen molar-refractivity contribution in [1.82, 2.24) is 51.7 Å². The number of carboxylic acid groups (broad SMARTS) is 1. The van der Waals surface area contributed by atoms with Crippen LogP contribution >= 0.6 is 11.8 Å². The van der Waals surface area contributed by atoms with Gasteiger partial charge in [0.1, 0.15) is 61.9 Å². The average molecular weight is 1380 g/mol. The number of aliphatic imine (C=N–C) groups is 1. The van der Waals surface area contributed by atoms with Gasteiger partial charge in [0.05, 0.1) is 35.6 Å². The number of thioether (sulfide) groups is 1. The Balaban J connectivity index is 1.04. The maximum atomic E-state index is 14.7. The van der Waals surface area contributed by atoms with Gasteiger partial charge >= 0.3 is 5.97 Å². The van der Waals surface area contributed by atoms with Crippen LogP contribution in [0.15, 0.2) is 94.5 Å². The fraction of sp³-hybridized carbons (Fsp3) is 0.433. The van der Waals surface area contributed by atoms with Gasteiger partial charge < -0.3 is 89.1 Å². The number of aromatic nitrogens is 1. The fourth-order valence-corrected chi connectivity index (χ4v) is 12.4. The number of nitrogens with zero attached hydrogens (tertiary/aromatic N) is 4. The molecule has 4 aromatic rings. The molecule has 7 rings (SSSR count). The lowest BCUT2D eigenvalue weighted by molar-refractivity contribution is -0.138. The summed E-state index contributed by atoms with van der Waals surface area (Å²) < 4.78 is 8.33. The predicted octanol–water partition coefficient (Wildman–Crippen LogP) is -0.616. The summed E-state index contributed by atoms with van der Waals surface area (Å²) in [6.07, 6.45) is -1.74. The summed E-state index contributed by atoms with van der Waals surface area (Å²) in [7, 11) is 7.51. The van der Waals surface area contributed by atoms with E-state index in [0.29, 0.717) is 50.7 Å². The van der Waals surface area contributed by atoms with Gasteiger partial charge in [-0.2, -0.15) is 0 Å². The molecule has 30 nitrogen and oxygen atoms in total. The quantitative estimate of drug-likeness (QED) is 0.00464. The number of carboxylic acids is 1. The Morgan fingerprint density at radius 1 is 0.816 bits per heavy atom. The first-order valence-corrected chi connectivity index (χ1v) is 33.0. The van der Waals surface area contributed by atoms with Crippen molar-refractivity contribution < 1.29 is 72.8 Å². The summed E-state index contributed by atoms with van der Waals surface area (Å²) in [5.74, 6) is -8.58. The van der Waals surface area contributed by atoms with Crippen molar-refractivity contribution in [2.24, 2.45) is 28.1 Å². The van der Waals surface area contributed by atoms with Crippen molar-refractivity contribution in [3.63, 3.8) is 0 Å². The standard InChI is InChI=1S/C67H87N15O15S/c1-9-34(2)57(74-36(4)85)64(93)77-48(25-35(3)84)61(90)78-50(32-83)63(92)76-49(27-38-31-73-46-14-11-10-13-41(38)46)62(91)75-47(15-12-22-72-67(69)70)60(89)79-51(58(68)87)33-98-54-30-55(86)82(65(54)94)24-23-71-59(88)37-16-19-42(66(95)96)45(26-37)56-43-20-17-39(80(5)6)28-52(43)97-53-29-40(81(7)8)18-21-44(53)56/h10-11,13-14,16-21,26,28-29,31,34-35,47-51,54,57-58,73,83-84,87H,9,12,15,22-25,27,30,32-33,68H2,1-8H3,(H11-,69,70,71,72,74,75,76,77,78,79,85,88,89,90,91,92,93,95,96)/p+1/t34-,35?,47-,48-,49-,50-,51?,54?,57-,58?/m0/s1. The van der Waals surface area contributed by atoms with Gasteiger partial charge in [-0.3, -0.25) is 53.0 Å². The van der Waals surface area contributed by atoms with E-state index in [0.717, 1.165) is 27.7 Å². The first-order chi connectivity index (χ1) is 46.5. The number of fused-ring (bicyclic) bond motifs is 3. The molecule has 1 fully saturated rings. The molecule has 0 saturated carbocycles. The zero-order valence-corrected chi connectivity index (χ0v) is 56.7. The third-order valence-electron chi connectivity index (χ3n) is 16.7. The Labute approximate surface area is 569 Å². The van der Waals surface area contributed by atoms with E-state index >= 15 is 0 Å². The van der Waals surface area contributed by atoms with Crippen LogP contribution in [0.25, 0.3) is 44.3 Å². The number of guanidine groups is 1. The number of likely N-dealkylation sites (tertiary alicyclic amines) is 1. The summed E-state index contributed by atoms with van der Waals surface area (Å²) >= 11 is 0.914. The van der Waals surface area contributed by atoms with Crippen LogP contribution in [0.5, 0.6) is 0 Å². The number of anilines is 1. The van der Waals surface area contributed by atoms with E-state index in [-0.39, 0.29) is 86.1 Å². The summed E-state index contributed by atoms with van der Waals surface area (Å²) in [5, 5.41) is 61.5. The maximum absolute atomic E-state index is 14.7. The molecule has 18 N–H and O–H groups in total. The summed E-state index contributed by atoms with van der Waals surface area (Å²) in [6, 6.07) is 13.8. The average Bonchev–Trinajstić information content (AvgIpc) is 0.963. The molecular weight excluding hydrogens is 1290 g/mol. The van der Waals surface area contributed by atoms with Gasteiger partial charge in [0, 0.05) is 123 Å². The number of para-hydroxylation sites is 1. The molecule has 526 valence electrons. The van der Waals surface area contributed by atoms with Crippen molar-refractivity contribution in [3.05, 3.63) is 107 Å². The van der Waals surface area contributed by atoms with Gasteiger partial charge in [-0.25, -0.2) is 9.37 Å². The second-order valence-corrected chi connectivity index (χ2v) is 25.8. The van der Waals surface area contributed by atoms with Gasteiger partial charge in [0.25, 0.3) is 5.91 Å². The molecule has 10 atom stereocenters. The third kappa shape index (κ3) is 19.4. The van der Waals surface area contributed by atoms with Crippen LogP contribution in [0, 0.1) is 5.92 Å². The number of rotatable bonds is 33. The van der Waals surface area contributed by atoms with Crippen LogP contribution in [0.4, 0.5) is 5.69 Å². The number of benzene rings is 4. The highest BCUT2D eigenvalue weighted by atomic mass is 32.2. The number of hydrogen-bond donors (Lipinski definition) is 15. The minimum atomic E-state index is -1.76. The molecule has 0 bridgehead atoms. The highest BCUT2D eigenvalue weighted by molar-refractivity contribution is 8.00. The lowest BCUT2D eigenvalue weighted by atomic mass is 9.89. The highest BCUT2D eigenvalue weighted by Gasteiger charge is 2.40. The van der Waals surface area contributed by atoms with Crippen LogP contribution in [0.1, 0.15) is 86.1 Å². The Kier molecular flexibility index (Phi) is 26.4. The van der Waals surface area contributed by atoms with Crippen LogP contribution in [-0.4, -0.2) is 209 Å². The van der Waals surface area contributed by atoms with E-state index in [1.54, 1.807) is 44.3 Å². The Hall–Kier alpha value is -9.95. The number of amides is 9. The van der Waals surface area contributed by atoms with E-state index < -0.39 is 120 Å². The number of aliphatic hydroxyl groups is 3. The van der Waals surface area contributed by atoms with Gasteiger partial charge in [-0.05, 0) is 79.3 Å². The summed E-state index contributed by atoms with van der Waals surface area (Å²) in [5.41, 5.74) is 21.0. The maximum Gasteiger partial charge on any atom is 0.336 e. The predicted molar refractivity (Wildman–Crippen MR) is 369 cm³/mol. The number of aromatic amines is 1. The molecule has 98 heavy (non-hydrogen) atoms. The Bertz CT molecular complexity index is 4010. The number of nitrogens with two attached hydrogens (primary N) is 3. The highest BCUT2D eigenvalue weighted by Crippen LogP contribution is 2.42. The number of carbonyl (C=O) groups is 10. The van der Waals surface area contributed by atoms with E-state index in [2.05, 4.69) is 47.2 Å². The molecular formula is C67H88N15O15S+. The largest absolute Gasteiger partial charge is 0.478 e. The number of hydrogen-bond acceptors (Lipinski definition) is 18. The molecule has 31 heteroatoms. The number of imide groups is 1. The number of H-pyrrole nitrogens is 1. The van der Waals surface area contributed by atoms with Crippen molar-refractivity contribution in [2.45, 2.75) is 120 Å². The topological polar surface area (TPSA) is 465 Å². The van der Waals surface area contributed by atoms with Crippen LogP contribution in [0.2, 0.25) is 0 Å². The zero-order valence-electron chi connectivity index (χ0n) is 55.8. The lowest BCUT2D eigenvalue weighted by Crippen LogP contribution is -2.61. The Morgan fingerprint density at radius 2 is 1.49 bits per heavy atom. The first-order valence-electron chi connectivity index (χ1n) is 31.9. The normalized spacial score (nSPS) is 15.8. The van der Waals surface area contributed by atoms with Crippen molar-refractivity contribution >= 4 is 104 Å². The second kappa shape index (κ2) is 34.3. The van der Waals surface area contributed by atoms with E-state index in [4.69, 9.17) is 21.6 Å². The smallest absolute Gasteiger partial charge is 0.336 e. The van der Waals surface area contributed by atoms with Gasteiger partial charge in [0.2, 0.25) is 52.6 Å². The molecule has 3 heterocycles. The van der Waals surface area contributed by atoms with Crippen molar-refractivity contribution in [1.29, 1.82) is 0 Å². The number of carbonyl (C=O) groups excluding carboxylic acids is 9. The molecule has 3 aliphatic rings. The number of aliphatic hydroxyl groups excluding tert-OH is 3. The Morgan fingerprint density at radius 3 is 2.14 bits per heavy atom. The molecule has 2 aliphatic heterocycles. The third-order valence-corrected chi connectivity index (χ3v) is 18.1. The fourth-order valence-electron chi connectivity index (χ4n) is 11.2. The molecule has 1 aromatic heterocycles. The van der Waals surface area contributed by atoms with Gasteiger partial charge in [-0.1, -0.05) is 38.5 Å². The van der Waals surface area contributed by atoms with Gasteiger partial charge in [0.15, 0.2) is 5.96 Å². The van der Waals surface area contributed by atoms with Crippen LogP contribution in [-0.2, 0) is 44.8 Å². The molecule has 1 aliphatic carbocycles. The van der Waals surface area contributed by atoms with Crippen LogP contribution in [0.3, 0.4) is 0 Å². The minimum Gasteiger partial charge on any atom is -0.478 e. The molecule has 0 spiro atoms. The molecule has 0 radical (unpaired) electrons. The lowest BCUT2D eigenvalue weighted by Gasteiger charge is -2.28.